The molecule has 13 heavy (non-hydrogen) atoms. The molecule has 2 heteroatoms. The number of hydrogen-bond acceptors (Lipinski definition) is 1. The molecule has 66 valence electrons. The van der Waals surface area contributed by atoms with Gasteiger partial charge in [-0.25, -0.2) is 4.39 Å². The van der Waals surface area contributed by atoms with Gasteiger partial charge in [-0.1, -0.05) is 17.8 Å². The molecule has 0 radical (unpaired) electrons. The third-order valence-corrected chi connectivity index (χ3v) is 2.62. The van der Waals surface area contributed by atoms with Gasteiger partial charge in [0.15, 0.2) is 0 Å². The van der Waals surface area contributed by atoms with Gasteiger partial charge in [-0.15, -0.1) is 5.73 Å². The maximum absolute atomic E-state index is 12.9. The van der Waals surface area contributed by atoms with Crippen LogP contribution in [0.15, 0.2) is 51.7 Å². The van der Waals surface area contributed by atoms with Crippen molar-refractivity contribution in [2.24, 2.45) is 0 Å². The SMILES string of the molecule is FC1=CC(C2=CSC=C=C2)=CCC1. The van der Waals surface area contributed by atoms with Gasteiger partial charge in [0.25, 0.3) is 0 Å². The molecule has 0 fully saturated rings. The van der Waals surface area contributed by atoms with Crippen LogP contribution in [0.5, 0.6) is 0 Å². The number of rotatable bonds is 1. The lowest BCUT2D eigenvalue weighted by molar-refractivity contribution is 0.586. The Morgan fingerprint density at radius 3 is 3.00 bits per heavy atom. The molecular formula is C11H9FS. The van der Waals surface area contributed by atoms with Crippen LogP contribution < -0.4 is 0 Å². The molecule has 0 nitrogen and oxygen atoms in total. The van der Waals surface area contributed by atoms with Gasteiger partial charge in [0.1, 0.15) is 5.83 Å². The first-order valence-electron chi connectivity index (χ1n) is 4.19. The molecule has 0 aromatic carbocycles. The fourth-order valence-corrected chi connectivity index (χ4v) is 1.89. The summed E-state index contributed by atoms with van der Waals surface area (Å²) in [6, 6.07) is 0. The second-order valence-electron chi connectivity index (χ2n) is 2.93. The number of hydrogen-bond donors (Lipinski definition) is 0. The summed E-state index contributed by atoms with van der Waals surface area (Å²) in [6.45, 7) is 0. The molecule has 0 saturated heterocycles. The van der Waals surface area contributed by atoms with Crippen molar-refractivity contribution >= 4 is 11.8 Å². The molecule has 0 aromatic rings. The van der Waals surface area contributed by atoms with Crippen LogP contribution in [0.1, 0.15) is 12.8 Å². The van der Waals surface area contributed by atoms with Crippen molar-refractivity contribution in [3.8, 4) is 0 Å². The lowest BCUT2D eigenvalue weighted by Crippen LogP contribution is -1.91. The summed E-state index contributed by atoms with van der Waals surface area (Å²) < 4.78 is 12.9. The summed E-state index contributed by atoms with van der Waals surface area (Å²) in [5.41, 5.74) is 5.04. The van der Waals surface area contributed by atoms with Crippen molar-refractivity contribution in [3.05, 3.63) is 51.7 Å². The van der Waals surface area contributed by atoms with E-state index in [1.165, 1.54) is 0 Å². The summed E-state index contributed by atoms with van der Waals surface area (Å²) in [7, 11) is 0. The Hall–Kier alpha value is -0.980. The average Bonchev–Trinajstić information content (AvgIpc) is 2.19. The number of thioether (sulfide) groups is 1. The van der Waals surface area contributed by atoms with E-state index in [9.17, 15) is 4.39 Å². The molecule has 0 N–H and O–H groups in total. The normalized spacial score (nSPS) is 20.8. The van der Waals surface area contributed by atoms with Gasteiger partial charge in [-0.05, 0) is 35.1 Å². The lowest BCUT2D eigenvalue weighted by atomic mass is 10.00. The zero-order valence-corrected chi connectivity index (χ0v) is 7.90. The van der Waals surface area contributed by atoms with E-state index in [0.717, 1.165) is 17.6 Å². The Bertz CT molecular complexity index is 366. The quantitative estimate of drug-likeness (QED) is 0.568. The Morgan fingerprint density at radius 1 is 1.38 bits per heavy atom. The third kappa shape index (κ3) is 2.03. The molecule has 0 unspecified atom stereocenters. The van der Waals surface area contributed by atoms with Crippen LogP contribution in [0.4, 0.5) is 4.39 Å². The van der Waals surface area contributed by atoms with Crippen LogP contribution in [0.25, 0.3) is 0 Å². The topological polar surface area (TPSA) is 0 Å². The van der Waals surface area contributed by atoms with Crippen molar-refractivity contribution in [2.45, 2.75) is 12.8 Å². The molecular weight excluding hydrogens is 183 g/mol. The molecule has 0 saturated carbocycles. The molecule has 0 aromatic heterocycles. The molecule has 1 aliphatic heterocycles. The van der Waals surface area contributed by atoms with Crippen LogP contribution in [0, 0.1) is 0 Å². The smallest absolute Gasteiger partial charge is 0.101 e. The van der Waals surface area contributed by atoms with Crippen LogP contribution in [-0.2, 0) is 0 Å². The van der Waals surface area contributed by atoms with E-state index >= 15 is 0 Å². The van der Waals surface area contributed by atoms with E-state index in [-0.39, 0.29) is 5.83 Å². The van der Waals surface area contributed by atoms with Crippen LogP contribution in [-0.4, -0.2) is 0 Å². The predicted molar refractivity (Wildman–Crippen MR) is 54.8 cm³/mol. The fraction of sp³-hybridized carbons (Fsp3) is 0.182. The van der Waals surface area contributed by atoms with Gasteiger partial charge in [0, 0.05) is 11.8 Å². The standard InChI is InChI=1S/C11H9FS/c12-11-5-1-3-9(7-11)10-4-2-6-13-8-10/h3-4,6-8H,1,5H2. The second-order valence-corrected chi connectivity index (χ2v) is 3.67. The highest BCUT2D eigenvalue weighted by molar-refractivity contribution is 8.04. The van der Waals surface area contributed by atoms with Crippen molar-refractivity contribution in [1.82, 2.24) is 0 Å². The first-order valence-corrected chi connectivity index (χ1v) is 5.14. The zero-order valence-electron chi connectivity index (χ0n) is 7.09. The van der Waals surface area contributed by atoms with Crippen LogP contribution >= 0.6 is 11.8 Å². The van der Waals surface area contributed by atoms with Gasteiger partial charge in [-0.2, -0.15) is 0 Å². The second kappa shape index (κ2) is 3.82. The van der Waals surface area contributed by atoms with Crippen molar-refractivity contribution < 1.29 is 4.39 Å². The summed E-state index contributed by atoms with van der Waals surface area (Å²) in [4.78, 5) is 0. The van der Waals surface area contributed by atoms with E-state index in [1.807, 2.05) is 16.9 Å². The van der Waals surface area contributed by atoms with Crippen molar-refractivity contribution in [3.63, 3.8) is 0 Å². The minimum atomic E-state index is -0.0219. The number of halogens is 1. The van der Waals surface area contributed by atoms with Gasteiger partial charge < -0.3 is 0 Å². The minimum Gasteiger partial charge on any atom is -0.212 e. The highest BCUT2D eigenvalue weighted by atomic mass is 32.2. The Morgan fingerprint density at radius 2 is 2.31 bits per heavy atom. The molecule has 0 spiro atoms. The van der Waals surface area contributed by atoms with Gasteiger partial charge in [0.2, 0.25) is 0 Å². The third-order valence-electron chi connectivity index (χ3n) is 1.96. The van der Waals surface area contributed by atoms with Crippen molar-refractivity contribution in [2.75, 3.05) is 0 Å². The van der Waals surface area contributed by atoms with Crippen LogP contribution in [0.2, 0.25) is 0 Å². The summed E-state index contributed by atoms with van der Waals surface area (Å²) in [6.07, 6.45) is 6.91. The first kappa shape index (κ1) is 8.61. The van der Waals surface area contributed by atoms with Crippen molar-refractivity contribution in [1.29, 1.82) is 0 Å². The van der Waals surface area contributed by atoms with Crippen LogP contribution in [0.3, 0.4) is 0 Å². The summed E-state index contributed by atoms with van der Waals surface area (Å²) in [5, 5.41) is 3.89. The first-order chi connectivity index (χ1) is 6.36. The maximum Gasteiger partial charge on any atom is 0.101 e. The average molecular weight is 192 g/mol. The zero-order chi connectivity index (χ0) is 9.10. The largest absolute Gasteiger partial charge is 0.212 e. The highest BCUT2D eigenvalue weighted by Gasteiger charge is 2.07. The molecule has 2 rings (SSSR count). The molecule has 0 bridgehead atoms. The van der Waals surface area contributed by atoms with E-state index in [2.05, 4.69) is 11.8 Å². The van der Waals surface area contributed by atoms with E-state index in [4.69, 9.17) is 0 Å². The van der Waals surface area contributed by atoms with E-state index in [1.54, 1.807) is 17.8 Å². The van der Waals surface area contributed by atoms with E-state index < -0.39 is 0 Å². The number of allylic oxidation sites excluding steroid dienone is 6. The highest BCUT2D eigenvalue weighted by Crippen LogP contribution is 2.27. The lowest BCUT2D eigenvalue weighted by Gasteiger charge is -2.09. The molecule has 0 atom stereocenters. The van der Waals surface area contributed by atoms with Gasteiger partial charge >= 0.3 is 0 Å². The fourth-order valence-electron chi connectivity index (χ4n) is 1.32. The van der Waals surface area contributed by atoms with Gasteiger partial charge in [0.05, 0.1) is 0 Å². The maximum atomic E-state index is 12.9. The molecule has 1 heterocycles. The molecule has 1 aliphatic carbocycles. The Kier molecular flexibility index (Phi) is 2.53. The minimum absolute atomic E-state index is 0.0219. The van der Waals surface area contributed by atoms with Gasteiger partial charge in [-0.3, -0.25) is 0 Å². The monoisotopic (exact) mass is 192 g/mol. The predicted octanol–water partition coefficient (Wildman–Crippen LogP) is 3.86. The Labute approximate surface area is 81.2 Å². The molecule has 0 amide bonds. The molecule has 2 aliphatic rings. The van der Waals surface area contributed by atoms with E-state index in [0.29, 0.717) is 6.42 Å². The summed E-state index contributed by atoms with van der Waals surface area (Å²) in [5.74, 6) is -0.0219. The summed E-state index contributed by atoms with van der Waals surface area (Å²) >= 11 is 1.58. The Balaban J connectivity index is 2.27.